The lowest BCUT2D eigenvalue weighted by molar-refractivity contribution is 0.0662. The van der Waals surface area contributed by atoms with Crippen molar-refractivity contribution in [1.29, 1.82) is 0 Å². The zero-order valence-corrected chi connectivity index (χ0v) is 16.1. The van der Waals surface area contributed by atoms with Crippen LogP contribution in [-0.4, -0.2) is 49.0 Å². The first kappa shape index (κ1) is 18.1. The second-order valence-electron chi connectivity index (χ2n) is 7.68. The Morgan fingerprint density at radius 3 is 2.56 bits per heavy atom. The highest BCUT2D eigenvalue weighted by Crippen LogP contribution is 2.29. The second kappa shape index (κ2) is 8.13. The van der Waals surface area contributed by atoms with Gasteiger partial charge in [-0.2, -0.15) is 0 Å². The molecule has 2 aliphatic rings. The van der Waals surface area contributed by atoms with Crippen molar-refractivity contribution in [1.82, 2.24) is 9.80 Å². The van der Waals surface area contributed by atoms with Crippen molar-refractivity contribution in [2.45, 2.75) is 25.8 Å². The van der Waals surface area contributed by atoms with Crippen LogP contribution in [0.4, 0.5) is 0 Å². The lowest BCUT2D eigenvalue weighted by Gasteiger charge is -2.36. The normalized spacial score (nSPS) is 18.2. The van der Waals surface area contributed by atoms with Crippen molar-refractivity contribution in [2.75, 3.05) is 33.3 Å². The zero-order chi connectivity index (χ0) is 18.6. The molecule has 1 saturated heterocycles. The minimum absolute atomic E-state index is 0.174. The van der Waals surface area contributed by atoms with Crippen molar-refractivity contribution in [3.05, 3.63) is 65.2 Å². The number of hydrogen-bond donors (Lipinski definition) is 0. The number of likely N-dealkylation sites (tertiary alicyclic amines) is 1. The fourth-order valence-electron chi connectivity index (χ4n) is 4.43. The van der Waals surface area contributed by atoms with Crippen molar-refractivity contribution < 1.29 is 9.53 Å². The summed E-state index contributed by atoms with van der Waals surface area (Å²) in [5, 5.41) is 0. The molecule has 0 aliphatic carbocycles. The molecule has 1 fully saturated rings. The highest BCUT2D eigenvalue weighted by Gasteiger charge is 2.26. The fourth-order valence-corrected chi connectivity index (χ4v) is 4.43. The maximum Gasteiger partial charge on any atom is 0.253 e. The van der Waals surface area contributed by atoms with E-state index >= 15 is 0 Å². The van der Waals surface area contributed by atoms with E-state index in [-0.39, 0.29) is 5.91 Å². The number of benzene rings is 2. The third-order valence-corrected chi connectivity index (χ3v) is 5.96. The summed E-state index contributed by atoms with van der Waals surface area (Å²) in [7, 11) is 1.76. The van der Waals surface area contributed by atoms with E-state index in [1.807, 2.05) is 35.2 Å². The Morgan fingerprint density at radius 2 is 1.81 bits per heavy atom. The molecule has 4 nitrogen and oxygen atoms in total. The standard InChI is InChI=1S/C23H28N2O2/c1-27-22-9-5-8-20-17-24(13-12-21(20)22)16-18-10-14-25(15-11-18)23(26)19-6-3-2-4-7-19/h2-9,18H,10-17H2,1H3. The molecule has 0 N–H and O–H groups in total. The van der Waals surface area contributed by atoms with Gasteiger partial charge in [0, 0.05) is 38.3 Å². The molecule has 4 heteroatoms. The number of carbonyl (C=O) groups excluding carboxylic acids is 1. The van der Waals surface area contributed by atoms with Crippen LogP contribution in [0.15, 0.2) is 48.5 Å². The van der Waals surface area contributed by atoms with E-state index in [9.17, 15) is 4.79 Å². The van der Waals surface area contributed by atoms with E-state index in [0.29, 0.717) is 5.92 Å². The first-order valence-electron chi connectivity index (χ1n) is 9.96. The molecule has 0 unspecified atom stereocenters. The van der Waals surface area contributed by atoms with Gasteiger partial charge in [0.1, 0.15) is 5.75 Å². The summed E-state index contributed by atoms with van der Waals surface area (Å²) in [6.45, 7) is 4.98. The lowest BCUT2D eigenvalue weighted by Crippen LogP contribution is -2.42. The maximum absolute atomic E-state index is 12.6. The van der Waals surface area contributed by atoms with Crippen molar-refractivity contribution in [3.63, 3.8) is 0 Å². The molecule has 0 aromatic heterocycles. The van der Waals surface area contributed by atoms with Gasteiger partial charge in [0.15, 0.2) is 0 Å². The fraction of sp³-hybridized carbons (Fsp3) is 0.435. The number of hydrogen-bond acceptors (Lipinski definition) is 3. The molecule has 27 heavy (non-hydrogen) atoms. The molecular formula is C23H28N2O2. The molecular weight excluding hydrogens is 336 g/mol. The molecule has 0 spiro atoms. The molecule has 2 aliphatic heterocycles. The Balaban J connectivity index is 1.30. The highest BCUT2D eigenvalue weighted by atomic mass is 16.5. The number of carbonyl (C=O) groups is 1. The van der Waals surface area contributed by atoms with Gasteiger partial charge >= 0.3 is 0 Å². The van der Waals surface area contributed by atoms with Gasteiger partial charge < -0.3 is 9.64 Å². The SMILES string of the molecule is COc1cccc2c1CCN(CC1CCN(C(=O)c3ccccc3)CC1)C2. The van der Waals surface area contributed by atoms with Gasteiger partial charge in [0.2, 0.25) is 0 Å². The van der Waals surface area contributed by atoms with Gasteiger partial charge in [-0.25, -0.2) is 0 Å². The number of methoxy groups -OCH3 is 1. The van der Waals surface area contributed by atoms with E-state index < -0.39 is 0 Å². The molecule has 2 heterocycles. The zero-order valence-electron chi connectivity index (χ0n) is 16.1. The number of rotatable bonds is 4. The minimum Gasteiger partial charge on any atom is -0.496 e. The van der Waals surface area contributed by atoms with Gasteiger partial charge in [-0.05, 0) is 54.5 Å². The van der Waals surface area contributed by atoms with Gasteiger partial charge in [-0.3, -0.25) is 9.69 Å². The van der Waals surface area contributed by atoms with Crippen LogP contribution in [-0.2, 0) is 13.0 Å². The van der Waals surface area contributed by atoms with Crippen LogP contribution in [0, 0.1) is 5.92 Å². The third kappa shape index (κ3) is 4.01. The Kier molecular flexibility index (Phi) is 5.44. The summed E-state index contributed by atoms with van der Waals surface area (Å²) < 4.78 is 5.51. The average Bonchev–Trinajstić information content (AvgIpc) is 2.74. The smallest absolute Gasteiger partial charge is 0.253 e. The molecule has 0 saturated carbocycles. The van der Waals surface area contributed by atoms with Crippen LogP contribution >= 0.6 is 0 Å². The number of nitrogens with zero attached hydrogens (tertiary/aromatic N) is 2. The van der Waals surface area contributed by atoms with E-state index in [0.717, 1.165) is 63.3 Å². The van der Waals surface area contributed by atoms with Gasteiger partial charge in [0.05, 0.1) is 7.11 Å². The molecule has 0 bridgehead atoms. The highest BCUT2D eigenvalue weighted by molar-refractivity contribution is 5.94. The van der Waals surface area contributed by atoms with Crippen molar-refractivity contribution in [2.24, 2.45) is 5.92 Å². The van der Waals surface area contributed by atoms with Gasteiger partial charge in [0.25, 0.3) is 5.91 Å². The number of ether oxygens (including phenoxy) is 1. The Labute approximate surface area is 161 Å². The van der Waals surface area contributed by atoms with Gasteiger partial charge in [-0.1, -0.05) is 30.3 Å². The second-order valence-corrected chi connectivity index (χ2v) is 7.68. The van der Waals surface area contributed by atoms with E-state index in [1.54, 1.807) is 7.11 Å². The molecule has 4 rings (SSSR count). The predicted octanol–water partition coefficient (Wildman–Crippen LogP) is 3.61. The summed E-state index contributed by atoms with van der Waals surface area (Å²) in [6, 6.07) is 16.0. The number of fused-ring (bicyclic) bond motifs is 1. The Bertz CT molecular complexity index is 782. The summed E-state index contributed by atoms with van der Waals surface area (Å²) in [5.74, 6) is 1.88. The summed E-state index contributed by atoms with van der Waals surface area (Å²) in [4.78, 5) is 17.2. The molecule has 1 amide bonds. The lowest BCUT2D eigenvalue weighted by atomic mass is 9.93. The van der Waals surface area contributed by atoms with Crippen LogP contribution in [0.25, 0.3) is 0 Å². The molecule has 2 aromatic rings. The largest absolute Gasteiger partial charge is 0.496 e. The molecule has 0 atom stereocenters. The molecule has 0 radical (unpaired) electrons. The number of amides is 1. The van der Waals surface area contributed by atoms with Gasteiger partial charge in [-0.15, -0.1) is 0 Å². The first-order chi connectivity index (χ1) is 13.2. The Morgan fingerprint density at radius 1 is 1.04 bits per heavy atom. The molecule has 2 aromatic carbocycles. The van der Waals surface area contributed by atoms with Crippen molar-refractivity contribution in [3.8, 4) is 5.75 Å². The van der Waals surface area contributed by atoms with Crippen molar-refractivity contribution >= 4 is 5.91 Å². The van der Waals surface area contributed by atoms with Crippen LogP contribution < -0.4 is 4.74 Å². The maximum atomic E-state index is 12.6. The average molecular weight is 364 g/mol. The topological polar surface area (TPSA) is 32.8 Å². The quantitative estimate of drug-likeness (QED) is 0.831. The van der Waals surface area contributed by atoms with E-state index in [4.69, 9.17) is 4.74 Å². The summed E-state index contributed by atoms with van der Waals surface area (Å²) in [5.41, 5.74) is 3.58. The van der Waals surface area contributed by atoms with E-state index in [1.165, 1.54) is 11.1 Å². The first-order valence-corrected chi connectivity index (χ1v) is 9.96. The van der Waals surface area contributed by atoms with Crippen LogP contribution in [0.2, 0.25) is 0 Å². The predicted molar refractivity (Wildman–Crippen MR) is 107 cm³/mol. The summed E-state index contributed by atoms with van der Waals surface area (Å²) >= 11 is 0. The summed E-state index contributed by atoms with van der Waals surface area (Å²) in [6.07, 6.45) is 3.25. The third-order valence-electron chi connectivity index (χ3n) is 5.96. The minimum atomic E-state index is 0.174. The monoisotopic (exact) mass is 364 g/mol. The Hall–Kier alpha value is -2.33. The van der Waals surface area contributed by atoms with Crippen LogP contribution in [0.3, 0.4) is 0 Å². The number of piperidine rings is 1. The van der Waals surface area contributed by atoms with Crippen LogP contribution in [0.5, 0.6) is 5.75 Å². The van der Waals surface area contributed by atoms with E-state index in [2.05, 4.69) is 23.1 Å². The molecule has 142 valence electrons. The van der Waals surface area contributed by atoms with Crippen LogP contribution in [0.1, 0.15) is 34.3 Å².